The number of carbonyl (C=O) groups is 1. The SMILES string of the molecule is COCC1(CNc2nc(Cl)nc3ccn(CC(=O)O)c23)CCC1. The van der Waals surface area contributed by atoms with Crippen LogP contribution in [0.15, 0.2) is 12.3 Å². The third kappa shape index (κ3) is 3.25. The Bertz CT molecular complexity index is 727. The predicted octanol–water partition coefficient (Wildman–Crippen LogP) is 2.40. The van der Waals surface area contributed by atoms with Crippen molar-refractivity contribution in [2.75, 3.05) is 25.6 Å². The Morgan fingerprint density at radius 3 is 2.91 bits per heavy atom. The summed E-state index contributed by atoms with van der Waals surface area (Å²) in [5, 5.41) is 12.5. The maximum atomic E-state index is 11.0. The van der Waals surface area contributed by atoms with E-state index >= 15 is 0 Å². The number of anilines is 1. The van der Waals surface area contributed by atoms with Crippen LogP contribution in [-0.2, 0) is 16.1 Å². The Hall–Kier alpha value is -1.86. The molecular formula is C15H19ClN4O3. The highest BCUT2D eigenvalue weighted by Gasteiger charge is 2.37. The van der Waals surface area contributed by atoms with E-state index < -0.39 is 5.97 Å². The Morgan fingerprint density at radius 1 is 1.52 bits per heavy atom. The van der Waals surface area contributed by atoms with Crippen LogP contribution in [0.1, 0.15) is 19.3 Å². The van der Waals surface area contributed by atoms with Crippen LogP contribution in [-0.4, -0.2) is 45.9 Å². The van der Waals surface area contributed by atoms with Gasteiger partial charge in [0.2, 0.25) is 5.28 Å². The molecule has 3 rings (SSSR count). The number of fused-ring (bicyclic) bond motifs is 1. The highest BCUT2D eigenvalue weighted by atomic mass is 35.5. The Morgan fingerprint density at radius 2 is 2.30 bits per heavy atom. The van der Waals surface area contributed by atoms with Gasteiger partial charge < -0.3 is 19.7 Å². The largest absolute Gasteiger partial charge is 0.480 e. The van der Waals surface area contributed by atoms with Crippen molar-refractivity contribution < 1.29 is 14.6 Å². The first-order chi connectivity index (χ1) is 11.0. The van der Waals surface area contributed by atoms with Crippen molar-refractivity contribution in [1.29, 1.82) is 0 Å². The molecule has 1 saturated carbocycles. The lowest BCUT2D eigenvalue weighted by molar-refractivity contribution is -0.137. The molecule has 1 aliphatic carbocycles. The third-order valence-electron chi connectivity index (χ3n) is 4.38. The molecule has 0 spiro atoms. The van der Waals surface area contributed by atoms with E-state index in [1.165, 1.54) is 6.42 Å². The maximum absolute atomic E-state index is 11.0. The van der Waals surface area contributed by atoms with E-state index in [1.54, 1.807) is 23.9 Å². The standard InChI is InChI=1S/C15H19ClN4O3/c1-23-9-15(4-2-5-15)8-17-13-12-10(18-14(16)19-13)3-6-20(12)7-11(21)22/h3,6H,2,4-5,7-9H2,1H3,(H,21,22)(H,17,18,19). The van der Waals surface area contributed by atoms with Gasteiger partial charge >= 0.3 is 5.97 Å². The monoisotopic (exact) mass is 338 g/mol. The molecular weight excluding hydrogens is 320 g/mol. The minimum atomic E-state index is -0.918. The second-order valence-corrected chi connectivity index (χ2v) is 6.39. The summed E-state index contributed by atoms with van der Waals surface area (Å²) in [5.41, 5.74) is 1.40. The summed E-state index contributed by atoms with van der Waals surface area (Å²) in [5.74, 6) is -0.355. The fraction of sp³-hybridized carbons (Fsp3) is 0.533. The molecule has 0 unspecified atom stereocenters. The number of halogens is 1. The number of aromatic nitrogens is 3. The van der Waals surface area contributed by atoms with Crippen molar-refractivity contribution in [3.8, 4) is 0 Å². The zero-order chi connectivity index (χ0) is 16.4. The van der Waals surface area contributed by atoms with Crippen molar-refractivity contribution in [2.24, 2.45) is 5.41 Å². The van der Waals surface area contributed by atoms with Crippen molar-refractivity contribution in [1.82, 2.24) is 14.5 Å². The van der Waals surface area contributed by atoms with Gasteiger partial charge in [0.1, 0.15) is 12.1 Å². The number of hydrogen-bond donors (Lipinski definition) is 2. The average molecular weight is 339 g/mol. The number of ether oxygens (including phenoxy) is 1. The predicted molar refractivity (Wildman–Crippen MR) is 86.8 cm³/mol. The molecule has 0 aromatic carbocycles. The molecule has 0 amide bonds. The zero-order valence-corrected chi connectivity index (χ0v) is 13.6. The maximum Gasteiger partial charge on any atom is 0.323 e. The molecule has 1 fully saturated rings. The van der Waals surface area contributed by atoms with Gasteiger partial charge in [-0.25, -0.2) is 4.98 Å². The number of carboxylic acids is 1. The molecule has 2 aromatic rings. The molecule has 2 heterocycles. The van der Waals surface area contributed by atoms with Crippen LogP contribution in [0.25, 0.3) is 11.0 Å². The first-order valence-corrected chi connectivity index (χ1v) is 7.88. The van der Waals surface area contributed by atoms with E-state index in [-0.39, 0.29) is 17.2 Å². The Balaban J connectivity index is 1.89. The van der Waals surface area contributed by atoms with Crippen molar-refractivity contribution in [3.63, 3.8) is 0 Å². The first kappa shape index (κ1) is 16.0. The number of rotatable bonds is 7. The quantitative estimate of drug-likeness (QED) is 0.753. The minimum absolute atomic E-state index is 0.114. The smallest absolute Gasteiger partial charge is 0.323 e. The summed E-state index contributed by atoms with van der Waals surface area (Å²) in [4.78, 5) is 19.4. The molecule has 0 radical (unpaired) electrons. The van der Waals surface area contributed by atoms with Gasteiger partial charge in [0, 0.05) is 25.3 Å². The van der Waals surface area contributed by atoms with Gasteiger partial charge in [-0.05, 0) is 30.5 Å². The van der Waals surface area contributed by atoms with Crippen LogP contribution in [0, 0.1) is 5.41 Å². The lowest BCUT2D eigenvalue weighted by atomic mass is 9.69. The van der Waals surface area contributed by atoms with Crippen molar-refractivity contribution in [2.45, 2.75) is 25.8 Å². The van der Waals surface area contributed by atoms with E-state index in [0.29, 0.717) is 30.0 Å². The third-order valence-corrected chi connectivity index (χ3v) is 4.55. The number of hydrogen-bond acceptors (Lipinski definition) is 5. The van der Waals surface area contributed by atoms with E-state index in [0.717, 1.165) is 12.8 Å². The van der Waals surface area contributed by atoms with Crippen LogP contribution in [0.4, 0.5) is 5.82 Å². The summed E-state index contributed by atoms with van der Waals surface area (Å²) in [6.45, 7) is 1.26. The van der Waals surface area contributed by atoms with Gasteiger partial charge in [0.05, 0.1) is 12.1 Å². The molecule has 7 nitrogen and oxygen atoms in total. The van der Waals surface area contributed by atoms with Crippen LogP contribution < -0.4 is 5.32 Å². The number of methoxy groups -OCH3 is 1. The van der Waals surface area contributed by atoms with Gasteiger partial charge in [0.25, 0.3) is 0 Å². The summed E-state index contributed by atoms with van der Waals surface area (Å²) >= 11 is 5.99. The fourth-order valence-electron chi connectivity index (χ4n) is 3.11. The molecule has 0 bridgehead atoms. The van der Waals surface area contributed by atoms with Gasteiger partial charge in [-0.1, -0.05) is 6.42 Å². The van der Waals surface area contributed by atoms with Gasteiger partial charge in [-0.15, -0.1) is 0 Å². The van der Waals surface area contributed by atoms with Crippen LogP contribution >= 0.6 is 11.6 Å². The number of nitrogens with one attached hydrogen (secondary N) is 1. The summed E-state index contributed by atoms with van der Waals surface area (Å²) in [6, 6.07) is 1.74. The molecule has 8 heteroatoms. The van der Waals surface area contributed by atoms with E-state index in [9.17, 15) is 4.79 Å². The van der Waals surface area contributed by atoms with Crippen LogP contribution in [0.5, 0.6) is 0 Å². The van der Waals surface area contributed by atoms with Crippen LogP contribution in [0.3, 0.4) is 0 Å². The second kappa shape index (κ2) is 6.33. The molecule has 0 aliphatic heterocycles. The molecule has 0 atom stereocenters. The highest BCUT2D eigenvalue weighted by Crippen LogP contribution is 2.41. The van der Waals surface area contributed by atoms with Gasteiger partial charge in [-0.2, -0.15) is 4.98 Å². The summed E-state index contributed by atoms with van der Waals surface area (Å²) in [7, 11) is 1.71. The van der Waals surface area contributed by atoms with Gasteiger partial charge in [0.15, 0.2) is 5.82 Å². The molecule has 1 aliphatic rings. The second-order valence-electron chi connectivity index (χ2n) is 6.05. The van der Waals surface area contributed by atoms with Gasteiger partial charge in [-0.3, -0.25) is 4.79 Å². The summed E-state index contributed by atoms with van der Waals surface area (Å²) in [6.07, 6.45) is 5.08. The highest BCUT2D eigenvalue weighted by molar-refractivity contribution is 6.28. The van der Waals surface area contributed by atoms with Crippen molar-refractivity contribution >= 4 is 34.4 Å². The summed E-state index contributed by atoms with van der Waals surface area (Å²) < 4.78 is 6.94. The average Bonchev–Trinajstić information content (AvgIpc) is 2.83. The van der Waals surface area contributed by atoms with Crippen LogP contribution in [0.2, 0.25) is 5.28 Å². The Kier molecular flexibility index (Phi) is 4.41. The normalized spacial score (nSPS) is 16.3. The minimum Gasteiger partial charge on any atom is -0.480 e. The first-order valence-electron chi connectivity index (χ1n) is 7.50. The van der Waals surface area contributed by atoms with E-state index in [4.69, 9.17) is 21.4 Å². The number of nitrogens with zero attached hydrogens (tertiary/aromatic N) is 3. The topological polar surface area (TPSA) is 89.3 Å². The lowest BCUT2D eigenvalue weighted by Crippen LogP contribution is -2.40. The lowest BCUT2D eigenvalue weighted by Gasteiger charge is -2.41. The fourth-order valence-corrected chi connectivity index (χ4v) is 3.28. The van der Waals surface area contributed by atoms with E-state index in [1.807, 2.05) is 0 Å². The molecule has 2 aromatic heterocycles. The molecule has 0 saturated heterocycles. The number of carboxylic acid groups (broad SMARTS) is 1. The number of aliphatic carboxylic acids is 1. The molecule has 2 N–H and O–H groups in total. The molecule has 124 valence electrons. The molecule has 23 heavy (non-hydrogen) atoms. The zero-order valence-electron chi connectivity index (χ0n) is 12.9. The van der Waals surface area contributed by atoms with Crippen molar-refractivity contribution in [3.05, 3.63) is 17.5 Å². The van der Waals surface area contributed by atoms with E-state index in [2.05, 4.69) is 15.3 Å². The Labute approximate surface area is 138 Å².